The van der Waals surface area contributed by atoms with E-state index < -0.39 is 0 Å². The molecule has 0 spiro atoms. The maximum absolute atomic E-state index is 6.19. The number of hydrogen-bond acceptors (Lipinski definition) is 1. The fourth-order valence-corrected chi connectivity index (χ4v) is 2.88. The van der Waals surface area contributed by atoms with Gasteiger partial charge in [-0.3, -0.25) is 0 Å². The lowest BCUT2D eigenvalue weighted by Gasteiger charge is -2.51. The minimum Gasteiger partial charge on any atom is -0.313 e. The van der Waals surface area contributed by atoms with Crippen LogP contribution in [-0.2, 0) is 0 Å². The van der Waals surface area contributed by atoms with Gasteiger partial charge in [0.05, 0.1) is 0 Å². The summed E-state index contributed by atoms with van der Waals surface area (Å²) in [7, 11) is 0. The van der Waals surface area contributed by atoms with E-state index >= 15 is 0 Å². The Hall–Kier alpha value is 0.250. The van der Waals surface area contributed by atoms with Crippen molar-refractivity contribution < 1.29 is 0 Å². The highest BCUT2D eigenvalue weighted by atomic mass is 35.5. The minimum absolute atomic E-state index is 0.293. The summed E-state index contributed by atoms with van der Waals surface area (Å²) in [5, 5.41) is 4.07. The van der Waals surface area contributed by atoms with Crippen LogP contribution in [0.3, 0.4) is 0 Å². The number of nitrogens with one attached hydrogen (secondary N) is 1. The SMILES string of the molecule is CC1(CNC2CC(Cl)C2(C)C)CCC1. The third kappa shape index (κ3) is 1.69. The van der Waals surface area contributed by atoms with Gasteiger partial charge in [0.1, 0.15) is 0 Å². The van der Waals surface area contributed by atoms with E-state index in [0.29, 0.717) is 22.2 Å². The van der Waals surface area contributed by atoms with Crippen molar-refractivity contribution in [3.05, 3.63) is 0 Å². The first kappa shape index (κ1) is 10.8. The van der Waals surface area contributed by atoms with Crippen LogP contribution in [0.4, 0.5) is 0 Å². The van der Waals surface area contributed by atoms with Crippen molar-refractivity contribution in [2.24, 2.45) is 10.8 Å². The molecule has 0 aromatic heterocycles. The van der Waals surface area contributed by atoms with Gasteiger partial charge in [-0.15, -0.1) is 11.6 Å². The highest BCUT2D eigenvalue weighted by Crippen LogP contribution is 2.45. The molecule has 1 nitrogen and oxygen atoms in total. The second-order valence-corrected chi connectivity index (χ2v) is 6.65. The van der Waals surface area contributed by atoms with Gasteiger partial charge in [0.15, 0.2) is 0 Å². The summed E-state index contributed by atoms with van der Waals surface area (Å²) >= 11 is 6.19. The number of rotatable bonds is 3. The van der Waals surface area contributed by atoms with Crippen LogP contribution in [-0.4, -0.2) is 18.0 Å². The third-order valence-corrected chi connectivity index (χ3v) is 5.22. The van der Waals surface area contributed by atoms with Gasteiger partial charge >= 0.3 is 0 Å². The van der Waals surface area contributed by atoms with E-state index in [1.165, 1.54) is 25.8 Å². The largest absolute Gasteiger partial charge is 0.313 e. The van der Waals surface area contributed by atoms with Crippen molar-refractivity contribution in [3.8, 4) is 0 Å². The standard InChI is InChI=1S/C12H22ClN/c1-11(2)9(13)7-10(11)14-8-12(3)5-4-6-12/h9-10,14H,4-8H2,1-3H3. The normalized spacial score (nSPS) is 38.6. The Labute approximate surface area is 92.6 Å². The van der Waals surface area contributed by atoms with Crippen LogP contribution in [0.5, 0.6) is 0 Å². The summed E-state index contributed by atoms with van der Waals surface area (Å²) in [6.45, 7) is 8.13. The van der Waals surface area contributed by atoms with Crippen molar-refractivity contribution in [2.45, 2.75) is 57.9 Å². The van der Waals surface area contributed by atoms with Crippen molar-refractivity contribution in [1.29, 1.82) is 0 Å². The number of alkyl halides is 1. The second-order valence-electron chi connectivity index (χ2n) is 6.12. The Kier molecular flexibility index (Phi) is 2.60. The first-order chi connectivity index (χ1) is 6.44. The molecule has 0 saturated heterocycles. The average molecular weight is 216 g/mol. The molecule has 0 radical (unpaired) electrons. The summed E-state index contributed by atoms with van der Waals surface area (Å²) in [5.41, 5.74) is 0.884. The maximum Gasteiger partial charge on any atom is 0.0416 e. The van der Waals surface area contributed by atoms with E-state index in [9.17, 15) is 0 Å². The lowest BCUT2D eigenvalue weighted by atomic mass is 9.65. The lowest BCUT2D eigenvalue weighted by Crippen LogP contribution is -2.59. The van der Waals surface area contributed by atoms with Gasteiger partial charge in [-0.05, 0) is 30.1 Å². The van der Waals surface area contributed by atoms with E-state index in [2.05, 4.69) is 26.1 Å². The molecular formula is C12H22ClN. The third-order valence-electron chi connectivity index (χ3n) is 4.48. The summed E-state index contributed by atoms with van der Waals surface area (Å²) in [6, 6.07) is 0.641. The molecule has 0 amide bonds. The second kappa shape index (κ2) is 3.38. The predicted octanol–water partition coefficient (Wildman–Crippen LogP) is 3.17. The Balaban J connectivity index is 1.77. The van der Waals surface area contributed by atoms with Gasteiger partial charge in [0.25, 0.3) is 0 Å². The molecule has 2 heteroatoms. The van der Waals surface area contributed by atoms with Crippen molar-refractivity contribution in [1.82, 2.24) is 5.32 Å². The van der Waals surface area contributed by atoms with Gasteiger partial charge in [-0.1, -0.05) is 27.2 Å². The zero-order valence-corrected chi connectivity index (χ0v) is 10.3. The highest BCUT2D eigenvalue weighted by molar-refractivity contribution is 6.21. The van der Waals surface area contributed by atoms with E-state index in [-0.39, 0.29) is 0 Å². The van der Waals surface area contributed by atoms with E-state index in [1.807, 2.05) is 0 Å². The summed E-state index contributed by atoms with van der Waals surface area (Å²) in [4.78, 5) is 0. The van der Waals surface area contributed by atoms with Gasteiger partial charge in [0.2, 0.25) is 0 Å². The summed E-state index contributed by atoms with van der Waals surface area (Å²) in [6.07, 6.45) is 5.36. The predicted molar refractivity (Wildman–Crippen MR) is 61.8 cm³/mol. The molecule has 82 valence electrons. The number of halogens is 1. The molecule has 2 aliphatic carbocycles. The minimum atomic E-state index is 0.293. The molecule has 2 unspecified atom stereocenters. The van der Waals surface area contributed by atoms with Gasteiger partial charge in [-0.25, -0.2) is 0 Å². The van der Waals surface area contributed by atoms with Crippen LogP contribution in [0, 0.1) is 10.8 Å². The molecular weight excluding hydrogens is 194 g/mol. The van der Waals surface area contributed by atoms with Crippen LogP contribution in [0.15, 0.2) is 0 Å². The van der Waals surface area contributed by atoms with E-state index in [4.69, 9.17) is 11.6 Å². The Bertz CT molecular complexity index is 220. The molecule has 2 aliphatic rings. The zero-order valence-electron chi connectivity index (χ0n) is 9.57. The molecule has 0 aromatic carbocycles. The molecule has 2 fully saturated rings. The Morgan fingerprint density at radius 2 is 1.93 bits per heavy atom. The molecule has 2 atom stereocenters. The fraction of sp³-hybridized carbons (Fsp3) is 1.00. The van der Waals surface area contributed by atoms with Crippen molar-refractivity contribution in [2.75, 3.05) is 6.54 Å². The summed E-state index contributed by atoms with van der Waals surface area (Å²) in [5.74, 6) is 0. The Morgan fingerprint density at radius 1 is 1.29 bits per heavy atom. The highest BCUT2D eigenvalue weighted by Gasteiger charge is 2.47. The van der Waals surface area contributed by atoms with Crippen LogP contribution >= 0.6 is 11.6 Å². The summed E-state index contributed by atoms with van der Waals surface area (Å²) < 4.78 is 0. The Morgan fingerprint density at radius 3 is 2.29 bits per heavy atom. The molecule has 0 bridgehead atoms. The maximum atomic E-state index is 6.19. The van der Waals surface area contributed by atoms with Gasteiger partial charge < -0.3 is 5.32 Å². The van der Waals surface area contributed by atoms with Crippen LogP contribution in [0.1, 0.15) is 46.5 Å². The van der Waals surface area contributed by atoms with Gasteiger partial charge in [0, 0.05) is 18.0 Å². The van der Waals surface area contributed by atoms with Crippen molar-refractivity contribution >= 4 is 11.6 Å². The molecule has 0 aromatic rings. The molecule has 0 aliphatic heterocycles. The lowest BCUT2D eigenvalue weighted by molar-refractivity contribution is 0.0802. The quantitative estimate of drug-likeness (QED) is 0.714. The molecule has 2 rings (SSSR count). The first-order valence-electron chi connectivity index (χ1n) is 5.81. The topological polar surface area (TPSA) is 12.0 Å². The van der Waals surface area contributed by atoms with Crippen LogP contribution in [0.2, 0.25) is 0 Å². The molecule has 1 N–H and O–H groups in total. The van der Waals surface area contributed by atoms with E-state index in [1.54, 1.807) is 0 Å². The van der Waals surface area contributed by atoms with Gasteiger partial charge in [-0.2, -0.15) is 0 Å². The van der Waals surface area contributed by atoms with E-state index in [0.717, 1.165) is 6.42 Å². The average Bonchev–Trinajstić information content (AvgIpc) is 2.09. The number of hydrogen-bond donors (Lipinski definition) is 1. The van der Waals surface area contributed by atoms with Crippen LogP contribution in [0.25, 0.3) is 0 Å². The molecule has 0 heterocycles. The molecule has 2 saturated carbocycles. The van der Waals surface area contributed by atoms with Crippen LogP contribution < -0.4 is 5.32 Å². The fourth-order valence-electron chi connectivity index (χ4n) is 2.55. The monoisotopic (exact) mass is 215 g/mol. The zero-order chi connectivity index (χ0) is 10.4. The molecule has 14 heavy (non-hydrogen) atoms. The smallest absolute Gasteiger partial charge is 0.0416 e. The van der Waals surface area contributed by atoms with Crippen molar-refractivity contribution in [3.63, 3.8) is 0 Å². The first-order valence-corrected chi connectivity index (χ1v) is 6.25.